The molecule has 1 aromatic heterocycles. The lowest BCUT2D eigenvalue weighted by atomic mass is 10.1. The van der Waals surface area contributed by atoms with E-state index in [1.54, 1.807) is 42.5 Å². The smallest absolute Gasteiger partial charge is 0.259 e. The Balaban J connectivity index is 1.65. The molecule has 6 heteroatoms. The second-order valence-electron chi connectivity index (χ2n) is 6.44. The zero-order valence-corrected chi connectivity index (χ0v) is 15.8. The summed E-state index contributed by atoms with van der Waals surface area (Å²) in [5, 5.41) is 0.542. The lowest BCUT2D eigenvalue weighted by Crippen LogP contribution is -2.09. The van der Waals surface area contributed by atoms with E-state index in [-0.39, 0.29) is 18.0 Å². The van der Waals surface area contributed by atoms with Crippen molar-refractivity contribution in [2.45, 2.75) is 13.5 Å². The third-order valence-electron chi connectivity index (χ3n) is 4.44. The maximum Gasteiger partial charge on any atom is 0.259 e. The van der Waals surface area contributed by atoms with Gasteiger partial charge in [0.2, 0.25) is 0 Å². The number of benzene rings is 3. The van der Waals surface area contributed by atoms with E-state index in [1.165, 1.54) is 12.1 Å². The summed E-state index contributed by atoms with van der Waals surface area (Å²) in [5.74, 6) is 1.27. The zero-order chi connectivity index (χ0) is 20.2. The van der Waals surface area contributed by atoms with Gasteiger partial charge in [0.1, 0.15) is 18.2 Å². The molecule has 146 valence electrons. The summed E-state index contributed by atoms with van der Waals surface area (Å²) in [5.41, 5.74) is 1.99. The molecular formula is C23H19FN2O3. The molecule has 0 atom stereocenters. The summed E-state index contributed by atoms with van der Waals surface area (Å²) < 4.78 is 24.6. The Bertz CT molecular complexity index is 1200. The van der Waals surface area contributed by atoms with Crippen molar-refractivity contribution in [2.75, 3.05) is 6.61 Å². The van der Waals surface area contributed by atoms with E-state index in [0.29, 0.717) is 40.4 Å². The van der Waals surface area contributed by atoms with Gasteiger partial charge in [-0.2, -0.15) is 0 Å². The summed E-state index contributed by atoms with van der Waals surface area (Å²) in [6, 6.07) is 18.7. The maximum atomic E-state index is 13.1. The summed E-state index contributed by atoms with van der Waals surface area (Å²) >= 11 is 0. The molecule has 3 aromatic carbocycles. The fraction of sp³-hybridized carbons (Fsp3) is 0.130. The molecule has 0 aliphatic rings. The number of hydrogen-bond acceptors (Lipinski definition) is 4. The Kier molecular flexibility index (Phi) is 5.24. The molecule has 0 fully saturated rings. The molecular weight excluding hydrogens is 371 g/mol. The summed E-state index contributed by atoms with van der Waals surface area (Å²) in [7, 11) is 0. The van der Waals surface area contributed by atoms with Crippen LogP contribution < -0.4 is 15.0 Å². The molecule has 4 aromatic rings. The van der Waals surface area contributed by atoms with Crippen LogP contribution in [0.3, 0.4) is 0 Å². The van der Waals surface area contributed by atoms with E-state index in [0.717, 1.165) is 5.56 Å². The minimum Gasteiger partial charge on any atom is -0.490 e. The number of aromatic nitrogens is 2. The number of fused-ring (bicyclic) bond motifs is 1. The first kappa shape index (κ1) is 18.7. The van der Waals surface area contributed by atoms with Gasteiger partial charge in [0.25, 0.3) is 5.56 Å². The molecule has 0 bridgehead atoms. The highest BCUT2D eigenvalue weighted by Gasteiger charge is 2.11. The number of rotatable bonds is 6. The second-order valence-corrected chi connectivity index (χ2v) is 6.44. The highest BCUT2D eigenvalue weighted by atomic mass is 19.1. The number of ether oxygens (including phenoxy) is 2. The van der Waals surface area contributed by atoms with Crippen LogP contribution in [0.4, 0.5) is 4.39 Å². The van der Waals surface area contributed by atoms with Crippen LogP contribution in [0.1, 0.15) is 12.5 Å². The van der Waals surface area contributed by atoms with E-state index in [2.05, 4.69) is 9.97 Å². The van der Waals surface area contributed by atoms with Gasteiger partial charge < -0.3 is 14.5 Å². The number of halogens is 1. The van der Waals surface area contributed by atoms with Gasteiger partial charge in [-0.3, -0.25) is 4.79 Å². The SMILES string of the molecule is CCOc1cc(-c2nc3ccccc3c(=O)[nH]2)ccc1OCc1ccc(F)cc1. The van der Waals surface area contributed by atoms with E-state index in [1.807, 2.05) is 19.1 Å². The van der Waals surface area contributed by atoms with Gasteiger partial charge in [0.05, 0.1) is 17.5 Å². The van der Waals surface area contributed by atoms with E-state index in [9.17, 15) is 9.18 Å². The van der Waals surface area contributed by atoms with Gasteiger partial charge in [-0.05, 0) is 55.0 Å². The molecule has 0 spiro atoms. The average Bonchev–Trinajstić information content (AvgIpc) is 2.74. The average molecular weight is 390 g/mol. The molecule has 1 N–H and O–H groups in total. The summed E-state index contributed by atoms with van der Waals surface area (Å²) in [6.07, 6.45) is 0. The topological polar surface area (TPSA) is 64.2 Å². The molecule has 0 amide bonds. The van der Waals surface area contributed by atoms with Crippen LogP contribution in [0, 0.1) is 5.82 Å². The van der Waals surface area contributed by atoms with Crippen molar-refractivity contribution in [3.63, 3.8) is 0 Å². The third-order valence-corrected chi connectivity index (χ3v) is 4.44. The molecule has 0 unspecified atom stereocenters. The quantitative estimate of drug-likeness (QED) is 0.518. The van der Waals surface area contributed by atoms with Gasteiger partial charge in [-0.15, -0.1) is 0 Å². The van der Waals surface area contributed by atoms with Crippen LogP contribution in [0.25, 0.3) is 22.3 Å². The van der Waals surface area contributed by atoms with Gasteiger partial charge >= 0.3 is 0 Å². The van der Waals surface area contributed by atoms with Gasteiger partial charge in [0, 0.05) is 5.56 Å². The maximum absolute atomic E-state index is 13.1. The van der Waals surface area contributed by atoms with Crippen molar-refractivity contribution in [3.8, 4) is 22.9 Å². The predicted molar refractivity (Wildman–Crippen MR) is 110 cm³/mol. The van der Waals surface area contributed by atoms with Gasteiger partial charge in [-0.1, -0.05) is 24.3 Å². The Hall–Kier alpha value is -3.67. The van der Waals surface area contributed by atoms with Crippen LogP contribution in [0.15, 0.2) is 71.5 Å². The first-order chi connectivity index (χ1) is 14.1. The normalized spacial score (nSPS) is 10.8. The summed E-state index contributed by atoms with van der Waals surface area (Å²) in [4.78, 5) is 19.7. The first-order valence-electron chi connectivity index (χ1n) is 9.27. The van der Waals surface area contributed by atoms with Crippen molar-refractivity contribution in [1.29, 1.82) is 0 Å². The van der Waals surface area contributed by atoms with Crippen LogP contribution in [-0.2, 0) is 6.61 Å². The van der Waals surface area contributed by atoms with Crippen molar-refractivity contribution in [2.24, 2.45) is 0 Å². The van der Waals surface area contributed by atoms with Crippen LogP contribution in [-0.4, -0.2) is 16.6 Å². The molecule has 0 aliphatic carbocycles. The van der Waals surface area contributed by atoms with Gasteiger partial charge in [-0.25, -0.2) is 9.37 Å². The lowest BCUT2D eigenvalue weighted by molar-refractivity contribution is 0.269. The number of H-pyrrole nitrogens is 1. The second kappa shape index (κ2) is 8.14. The minimum atomic E-state index is -0.287. The first-order valence-corrected chi connectivity index (χ1v) is 9.27. The van der Waals surface area contributed by atoms with Crippen molar-refractivity contribution in [1.82, 2.24) is 9.97 Å². The standard InChI is InChI=1S/C23H19FN2O3/c1-2-28-21-13-16(22-25-19-6-4-3-5-18(19)23(27)26-22)9-12-20(21)29-14-15-7-10-17(24)11-8-15/h3-13H,2,14H2,1H3,(H,25,26,27). The Labute approximate surface area is 166 Å². The fourth-order valence-electron chi connectivity index (χ4n) is 3.01. The predicted octanol–water partition coefficient (Wildman–Crippen LogP) is 4.71. The third kappa shape index (κ3) is 4.11. The number of hydrogen-bond donors (Lipinski definition) is 1. The van der Waals surface area contributed by atoms with Crippen molar-refractivity contribution >= 4 is 10.9 Å². The van der Waals surface area contributed by atoms with Crippen LogP contribution >= 0.6 is 0 Å². The Morgan fingerprint density at radius 1 is 0.966 bits per heavy atom. The Morgan fingerprint density at radius 2 is 1.76 bits per heavy atom. The molecule has 0 saturated carbocycles. The van der Waals surface area contributed by atoms with E-state index < -0.39 is 0 Å². The van der Waals surface area contributed by atoms with Gasteiger partial charge in [0.15, 0.2) is 11.5 Å². The number of aromatic amines is 1. The number of para-hydroxylation sites is 1. The molecule has 0 radical (unpaired) electrons. The van der Waals surface area contributed by atoms with E-state index in [4.69, 9.17) is 9.47 Å². The van der Waals surface area contributed by atoms with Crippen molar-refractivity contribution in [3.05, 3.63) is 88.5 Å². The Morgan fingerprint density at radius 3 is 2.55 bits per heavy atom. The highest BCUT2D eigenvalue weighted by Crippen LogP contribution is 2.32. The van der Waals surface area contributed by atoms with Crippen LogP contribution in [0.5, 0.6) is 11.5 Å². The highest BCUT2D eigenvalue weighted by molar-refractivity contribution is 5.79. The van der Waals surface area contributed by atoms with E-state index >= 15 is 0 Å². The minimum absolute atomic E-state index is 0.194. The molecule has 1 heterocycles. The lowest BCUT2D eigenvalue weighted by Gasteiger charge is -2.13. The molecule has 0 aliphatic heterocycles. The molecule has 0 saturated heterocycles. The summed E-state index contributed by atoms with van der Waals surface area (Å²) in [6.45, 7) is 2.62. The van der Waals surface area contributed by atoms with Crippen LogP contribution in [0.2, 0.25) is 0 Å². The van der Waals surface area contributed by atoms with Crippen molar-refractivity contribution < 1.29 is 13.9 Å². The molecule has 29 heavy (non-hydrogen) atoms. The number of nitrogens with zero attached hydrogens (tertiary/aromatic N) is 1. The molecule has 4 rings (SSSR count). The largest absolute Gasteiger partial charge is 0.490 e. The molecule has 5 nitrogen and oxygen atoms in total. The monoisotopic (exact) mass is 390 g/mol. The number of nitrogens with one attached hydrogen (secondary N) is 1. The zero-order valence-electron chi connectivity index (χ0n) is 15.8. The fourth-order valence-corrected chi connectivity index (χ4v) is 3.01.